The second-order valence-corrected chi connectivity index (χ2v) is 4.56. The quantitative estimate of drug-likeness (QED) is 0.578. The Balaban J connectivity index is 1.90. The zero-order valence-electron chi connectivity index (χ0n) is 12.2. The van der Waals surface area contributed by atoms with Gasteiger partial charge in [-0.25, -0.2) is 9.18 Å². The number of esters is 1. The van der Waals surface area contributed by atoms with E-state index in [1.54, 1.807) is 24.3 Å². The number of benzene rings is 2. The summed E-state index contributed by atoms with van der Waals surface area (Å²) in [6.45, 7) is 1.19. The van der Waals surface area contributed by atoms with Gasteiger partial charge in [0.05, 0.1) is 5.56 Å². The van der Waals surface area contributed by atoms with Crippen LogP contribution in [0.25, 0.3) is 0 Å². The van der Waals surface area contributed by atoms with Crippen molar-refractivity contribution in [2.75, 3.05) is 6.79 Å². The summed E-state index contributed by atoms with van der Waals surface area (Å²) in [6, 6.07) is 16.3. The summed E-state index contributed by atoms with van der Waals surface area (Å²) in [5.41, 5.74) is 1.35. The first-order chi connectivity index (χ1) is 10.6. The molecule has 0 N–H and O–H groups in total. The van der Waals surface area contributed by atoms with Gasteiger partial charge in [0.2, 0.25) is 0 Å². The van der Waals surface area contributed by atoms with E-state index < -0.39 is 19.1 Å². The number of carbonyl (C=O) groups is 1. The summed E-state index contributed by atoms with van der Waals surface area (Å²) in [7, 11) is 0. The average molecular weight is 304 g/mol. The van der Waals surface area contributed by atoms with Crippen LogP contribution in [0.15, 0.2) is 54.6 Å². The van der Waals surface area contributed by atoms with E-state index in [-0.39, 0.29) is 0 Å². The van der Waals surface area contributed by atoms with Crippen molar-refractivity contribution in [3.05, 3.63) is 65.7 Å². The second-order valence-electron chi connectivity index (χ2n) is 4.56. The summed E-state index contributed by atoms with van der Waals surface area (Å²) in [5, 5.41) is 0. The number of rotatable bonds is 7. The second kappa shape index (κ2) is 8.14. The molecule has 0 aliphatic rings. The van der Waals surface area contributed by atoms with Gasteiger partial charge in [0, 0.05) is 0 Å². The zero-order valence-corrected chi connectivity index (χ0v) is 12.2. The van der Waals surface area contributed by atoms with Gasteiger partial charge in [-0.2, -0.15) is 0 Å². The van der Waals surface area contributed by atoms with Crippen molar-refractivity contribution < 1.29 is 23.4 Å². The van der Waals surface area contributed by atoms with Gasteiger partial charge in [0.25, 0.3) is 0 Å². The van der Waals surface area contributed by atoms with E-state index in [0.717, 1.165) is 5.56 Å². The summed E-state index contributed by atoms with van der Waals surface area (Å²) in [6.07, 6.45) is -1.48. The molecule has 0 saturated heterocycles. The van der Waals surface area contributed by atoms with E-state index in [0.29, 0.717) is 17.9 Å². The molecule has 2 rings (SSSR count). The molecule has 4 nitrogen and oxygen atoms in total. The lowest BCUT2D eigenvalue weighted by molar-refractivity contribution is -0.105. The highest BCUT2D eigenvalue weighted by Crippen LogP contribution is 2.16. The van der Waals surface area contributed by atoms with E-state index in [1.165, 1.54) is 6.92 Å². The molecular formula is C17H17FO4. The van der Waals surface area contributed by atoms with E-state index in [1.807, 2.05) is 30.3 Å². The molecule has 0 aliphatic heterocycles. The molecule has 116 valence electrons. The van der Waals surface area contributed by atoms with E-state index in [4.69, 9.17) is 9.47 Å². The van der Waals surface area contributed by atoms with E-state index >= 15 is 0 Å². The van der Waals surface area contributed by atoms with Crippen LogP contribution < -0.4 is 4.74 Å². The minimum absolute atomic E-state index is 0.320. The van der Waals surface area contributed by atoms with Crippen LogP contribution in [0.3, 0.4) is 0 Å². The third-order valence-electron chi connectivity index (χ3n) is 2.81. The number of hydrogen-bond donors (Lipinski definition) is 0. The molecule has 0 spiro atoms. The predicted octanol–water partition coefficient (Wildman–Crippen LogP) is 3.71. The highest BCUT2D eigenvalue weighted by atomic mass is 19.1. The van der Waals surface area contributed by atoms with Gasteiger partial charge in [-0.1, -0.05) is 36.4 Å². The van der Waals surface area contributed by atoms with Gasteiger partial charge in [-0.15, -0.1) is 0 Å². The molecule has 0 fully saturated rings. The van der Waals surface area contributed by atoms with Crippen LogP contribution in [0.2, 0.25) is 0 Å². The van der Waals surface area contributed by atoms with Crippen LogP contribution in [-0.2, 0) is 16.1 Å². The Morgan fingerprint density at radius 3 is 2.64 bits per heavy atom. The van der Waals surface area contributed by atoms with Crippen molar-refractivity contribution in [2.45, 2.75) is 19.9 Å². The van der Waals surface area contributed by atoms with Crippen molar-refractivity contribution in [1.29, 1.82) is 0 Å². The lowest BCUT2D eigenvalue weighted by atomic mass is 10.2. The third kappa shape index (κ3) is 5.18. The number of ether oxygens (including phenoxy) is 3. The van der Waals surface area contributed by atoms with Gasteiger partial charge in [-0.05, 0) is 30.7 Å². The van der Waals surface area contributed by atoms with Crippen LogP contribution in [-0.4, -0.2) is 19.1 Å². The normalized spacial score (nSPS) is 11.7. The molecule has 5 heteroatoms. The molecule has 0 aliphatic carbocycles. The molecule has 1 unspecified atom stereocenters. The van der Waals surface area contributed by atoms with Gasteiger partial charge in [-0.3, -0.25) is 0 Å². The molecule has 2 aromatic rings. The Morgan fingerprint density at radius 1 is 1.14 bits per heavy atom. The zero-order chi connectivity index (χ0) is 15.8. The van der Waals surface area contributed by atoms with Crippen molar-refractivity contribution in [1.82, 2.24) is 0 Å². The van der Waals surface area contributed by atoms with Crippen LogP contribution in [0.4, 0.5) is 4.39 Å². The lowest BCUT2D eigenvalue weighted by Gasteiger charge is -2.09. The number of carbonyl (C=O) groups excluding carboxylic acids is 1. The fraction of sp³-hybridized carbons (Fsp3) is 0.235. The van der Waals surface area contributed by atoms with Crippen LogP contribution in [0.5, 0.6) is 5.75 Å². The van der Waals surface area contributed by atoms with E-state index in [9.17, 15) is 9.18 Å². The van der Waals surface area contributed by atoms with E-state index in [2.05, 4.69) is 4.74 Å². The maximum absolute atomic E-state index is 12.4. The van der Waals surface area contributed by atoms with Crippen LogP contribution in [0.1, 0.15) is 22.8 Å². The molecule has 2 aromatic carbocycles. The first-order valence-electron chi connectivity index (χ1n) is 6.85. The maximum atomic E-state index is 12.4. The summed E-state index contributed by atoms with van der Waals surface area (Å²) in [4.78, 5) is 11.8. The fourth-order valence-electron chi connectivity index (χ4n) is 1.72. The monoisotopic (exact) mass is 304 g/mol. The number of hydrogen-bond acceptors (Lipinski definition) is 4. The average Bonchev–Trinajstić information content (AvgIpc) is 2.54. The minimum atomic E-state index is -1.48. The summed E-state index contributed by atoms with van der Waals surface area (Å²) >= 11 is 0. The standard InChI is InChI=1S/C17H17FO4/c1-13(18)21-12-22-17(19)15-8-5-9-16(10-15)20-11-14-6-3-2-4-7-14/h2-10,13H,11-12H2,1H3. The first-order valence-corrected chi connectivity index (χ1v) is 6.85. The molecule has 0 heterocycles. The Morgan fingerprint density at radius 2 is 1.91 bits per heavy atom. The van der Waals surface area contributed by atoms with Crippen LogP contribution in [0, 0.1) is 0 Å². The fourth-order valence-corrected chi connectivity index (χ4v) is 1.72. The van der Waals surface area contributed by atoms with Crippen molar-refractivity contribution in [2.24, 2.45) is 0 Å². The molecule has 0 saturated carbocycles. The first kappa shape index (κ1) is 16.0. The SMILES string of the molecule is CC(F)OCOC(=O)c1cccc(OCc2ccccc2)c1. The van der Waals surface area contributed by atoms with Crippen molar-refractivity contribution >= 4 is 5.97 Å². The topological polar surface area (TPSA) is 44.8 Å². The van der Waals surface area contributed by atoms with Crippen LogP contribution >= 0.6 is 0 Å². The van der Waals surface area contributed by atoms with Gasteiger partial charge in [0.15, 0.2) is 13.2 Å². The highest BCUT2D eigenvalue weighted by Gasteiger charge is 2.09. The molecule has 22 heavy (non-hydrogen) atoms. The molecule has 0 bridgehead atoms. The summed E-state index contributed by atoms with van der Waals surface area (Å²) in [5.74, 6) is -0.0381. The minimum Gasteiger partial charge on any atom is -0.489 e. The lowest BCUT2D eigenvalue weighted by Crippen LogP contribution is -2.11. The maximum Gasteiger partial charge on any atom is 0.340 e. The van der Waals surface area contributed by atoms with Gasteiger partial charge >= 0.3 is 5.97 Å². The molecule has 0 radical (unpaired) electrons. The largest absolute Gasteiger partial charge is 0.489 e. The molecular weight excluding hydrogens is 287 g/mol. The predicted molar refractivity (Wildman–Crippen MR) is 79.2 cm³/mol. The smallest absolute Gasteiger partial charge is 0.340 e. The van der Waals surface area contributed by atoms with Crippen molar-refractivity contribution in [3.8, 4) is 5.75 Å². The Bertz CT molecular complexity index is 599. The molecule has 0 amide bonds. The third-order valence-corrected chi connectivity index (χ3v) is 2.81. The number of alkyl halides is 1. The van der Waals surface area contributed by atoms with Gasteiger partial charge in [0.1, 0.15) is 12.4 Å². The molecule has 1 atom stereocenters. The molecule has 0 aromatic heterocycles. The van der Waals surface area contributed by atoms with Gasteiger partial charge < -0.3 is 14.2 Å². The number of halogens is 1. The highest BCUT2D eigenvalue weighted by molar-refractivity contribution is 5.89. The Labute approximate surface area is 128 Å². The Kier molecular flexibility index (Phi) is 5.91. The Hall–Kier alpha value is -2.40. The van der Waals surface area contributed by atoms with Crippen molar-refractivity contribution in [3.63, 3.8) is 0 Å². The summed E-state index contributed by atoms with van der Waals surface area (Å²) < 4.78 is 27.4.